The van der Waals surface area contributed by atoms with E-state index in [-0.39, 0.29) is 6.42 Å². The van der Waals surface area contributed by atoms with Crippen molar-refractivity contribution in [1.82, 2.24) is 0 Å². The van der Waals surface area contributed by atoms with Crippen molar-refractivity contribution in [3.63, 3.8) is 0 Å². The van der Waals surface area contributed by atoms with Gasteiger partial charge in [-0.05, 0) is 36.6 Å². The van der Waals surface area contributed by atoms with Crippen LogP contribution in [0.5, 0.6) is 11.5 Å². The van der Waals surface area contributed by atoms with Gasteiger partial charge in [-0.25, -0.2) is 4.79 Å². The van der Waals surface area contributed by atoms with Crippen LogP contribution in [0.4, 0.5) is 0 Å². The number of benzene rings is 2. The van der Waals surface area contributed by atoms with Gasteiger partial charge in [0.15, 0.2) is 0 Å². The van der Waals surface area contributed by atoms with E-state index in [1.165, 1.54) is 6.07 Å². The average Bonchev–Trinajstić information content (AvgIpc) is 2.61. The Morgan fingerprint density at radius 1 is 1.08 bits per heavy atom. The molecule has 26 heavy (non-hydrogen) atoms. The Kier molecular flexibility index (Phi) is 5.07. The summed E-state index contributed by atoms with van der Waals surface area (Å²) >= 11 is 0. The van der Waals surface area contributed by atoms with Gasteiger partial charge in [-0.2, -0.15) is 0 Å². The molecule has 0 aliphatic rings. The maximum Gasteiger partial charge on any atom is 0.336 e. The van der Waals surface area contributed by atoms with E-state index in [1.54, 1.807) is 19.2 Å². The number of carbonyl (C=O) groups is 1. The smallest absolute Gasteiger partial charge is 0.336 e. The largest absolute Gasteiger partial charge is 0.496 e. The molecule has 134 valence electrons. The first-order valence-electron chi connectivity index (χ1n) is 8.41. The van der Waals surface area contributed by atoms with Gasteiger partial charge in [0, 0.05) is 23.1 Å². The van der Waals surface area contributed by atoms with Crippen LogP contribution in [0.1, 0.15) is 23.6 Å². The predicted octanol–water partition coefficient (Wildman–Crippen LogP) is 3.82. The van der Waals surface area contributed by atoms with Crippen LogP contribution in [0.25, 0.3) is 11.0 Å². The van der Waals surface area contributed by atoms with Gasteiger partial charge in [0.1, 0.15) is 17.1 Å². The number of esters is 1. The number of rotatable bonds is 5. The second-order valence-electron chi connectivity index (χ2n) is 6.02. The molecule has 0 unspecified atom stereocenters. The summed E-state index contributed by atoms with van der Waals surface area (Å²) in [5.41, 5.74) is 2.44. The van der Waals surface area contributed by atoms with E-state index in [4.69, 9.17) is 13.9 Å². The molecular formula is C21H20O5. The third-order valence-electron chi connectivity index (χ3n) is 4.26. The summed E-state index contributed by atoms with van der Waals surface area (Å²) in [7, 11) is 1.56. The highest BCUT2D eigenvalue weighted by Gasteiger charge is 2.15. The molecule has 3 rings (SSSR count). The summed E-state index contributed by atoms with van der Waals surface area (Å²) in [6.45, 7) is 3.83. The van der Waals surface area contributed by atoms with Crippen molar-refractivity contribution in [3.05, 3.63) is 69.6 Å². The molecule has 0 saturated heterocycles. The van der Waals surface area contributed by atoms with Crippen LogP contribution in [-0.2, 0) is 17.6 Å². The molecule has 1 heterocycles. The van der Waals surface area contributed by atoms with Crippen LogP contribution < -0.4 is 15.1 Å². The molecular weight excluding hydrogens is 332 g/mol. The highest BCUT2D eigenvalue weighted by Crippen LogP contribution is 2.28. The molecule has 5 nitrogen and oxygen atoms in total. The first-order valence-corrected chi connectivity index (χ1v) is 8.41. The molecule has 0 fully saturated rings. The Hall–Kier alpha value is -3.08. The molecule has 0 N–H and O–H groups in total. The number of carbonyl (C=O) groups excluding carboxylic acids is 1. The minimum Gasteiger partial charge on any atom is -0.496 e. The van der Waals surface area contributed by atoms with Gasteiger partial charge in [0.2, 0.25) is 0 Å². The highest BCUT2D eigenvalue weighted by atomic mass is 16.5. The third-order valence-corrected chi connectivity index (χ3v) is 4.26. The van der Waals surface area contributed by atoms with Crippen molar-refractivity contribution in [2.75, 3.05) is 7.11 Å². The van der Waals surface area contributed by atoms with Crippen molar-refractivity contribution < 1.29 is 18.7 Å². The number of aryl methyl sites for hydroxylation is 2. The van der Waals surface area contributed by atoms with Gasteiger partial charge in [-0.3, -0.25) is 4.79 Å². The molecule has 1 aromatic heterocycles. The molecule has 5 heteroatoms. The first-order chi connectivity index (χ1) is 12.5. The summed E-state index contributed by atoms with van der Waals surface area (Å²) in [5, 5.41) is 0.839. The monoisotopic (exact) mass is 352 g/mol. The number of para-hydroxylation sites is 1. The predicted molar refractivity (Wildman–Crippen MR) is 98.9 cm³/mol. The Labute approximate surface area is 151 Å². The number of methoxy groups -OCH3 is 1. The van der Waals surface area contributed by atoms with E-state index >= 15 is 0 Å². The van der Waals surface area contributed by atoms with E-state index < -0.39 is 11.6 Å². The molecule has 0 amide bonds. The summed E-state index contributed by atoms with van der Waals surface area (Å²) in [5.74, 6) is 0.646. The van der Waals surface area contributed by atoms with Crippen molar-refractivity contribution in [3.8, 4) is 11.5 Å². The Bertz CT molecular complexity index is 1020. The maximum absolute atomic E-state index is 12.4. The normalized spacial score (nSPS) is 10.7. The lowest BCUT2D eigenvalue weighted by atomic mass is 10.1. The standard InChI is InChI=1S/C21H20O5/c1-4-14-10-16-13(2)9-20(22)26-19(16)12-18(14)25-21(23)11-15-7-5-6-8-17(15)24-3/h5-10,12H,4,11H2,1-3H3. The van der Waals surface area contributed by atoms with Crippen molar-refractivity contribution in [1.29, 1.82) is 0 Å². The Morgan fingerprint density at radius 2 is 1.85 bits per heavy atom. The first kappa shape index (κ1) is 17.7. The summed E-state index contributed by atoms with van der Waals surface area (Å²) in [4.78, 5) is 24.0. The zero-order valence-corrected chi connectivity index (χ0v) is 15.0. The van der Waals surface area contributed by atoms with Gasteiger partial charge < -0.3 is 13.9 Å². The number of fused-ring (bicyclic) bond motifs is 1. The van der Waals surface area contributed by atoms with E-state index in [0.29, 0.717) is 23.5 Å². The molecule has 0 aliphatic carbocycles. The van der Waals surface area contributed by atoms with Crippen LogP contribution >= 0.6 is 0 Å². The fourth-order valence-electron chi connectivity index (χ4n) is 2.93. The molecule has 0 bridgehead atoms. The van der Waals surface area contributed by atoms with Crippen molar-refractivity contribution in [2.24, 2.45) is 0 Å². The van der Waals surface area contributed by atoms with Gasteiger partial charge >= 0.3 is 11.6 Å². The minimum absolute atomic E-state index is 0.0863. The lowest BCUT2D eigenvalue weighted by molar-refractivity contribution is -0.133. The summed E-state index contributed by atoms with van der Waals surface area (Å²) < 4.78 is 16.1. The number of ether oxygens (including phenoxy) is 2. The molecule has 0 aliphatic heterocycles. The SMILES string of the molecule is CCc1cc2c(C)cc(=O)oc2cc1OC(=O)Cc1ccccc1OC. The van der Waals surface area contributed by atoms with E-state index in [9.17, 15) is 9.59 Å². The van der Waals surface area contributed by atoms with Crippen LogP contribution in [0.2, 0.25) is 0 Å². The zero-order chi connectivity index (χ0) is 18.7. The summed E-state index contributed by atoms with van der Waals surface area (Å²) in [6.07, 6.45) is 0.773. The molecule has 0 spiro atoms. The Morgan fingerprint density at radius 3 is 2.58 bits per heavy atom. The minimum atomic E-state index is -0.425. The second kappa shape index (κ2) is 7.44. The number of hydrogen-bond acceptors (Lipinski definition) is 5. The molecule has 0 radical (unpaired) electrons. The Balaban J connectivity index is 1.92. The average molecular weight is 352 g/mol. The van der Waals surface area contributed by atoms with Crippen LogP contribution in [0.3, 0.4) is 0 Å². The fourth-order valence-corrected chi connectivity index (χ4v) is 2.93. The molecule has 0 atom stereocenters. The van der Waals surface area contributed by atoms with E-state index in [2.05, 4.69) is 0 Å². The van der Waals surface area contributed by atoms with Gasteiger partial charge in [0.05, 0.1) is 13.5 Å². The second-order valence-corrected chi connectivity index (χ2v) is 6.02. The van der Waals surface area contributed by atoms with Crippen LogP contribution in [0, 0.1) is 6.92 Å². The van der Waals surface area contributed by atoms with Gasteiger partial charge in [0.25, 0.3) is 0 Å². The zero-order valence-electron chi connectivity index (χ0n) is 15.0. The molecule has 2 aromatic carbocycles. The summed E-state index contributed by atoms with van der Waals surface area (Å²) in [6, 6.07) is 12.3. The lowest BCUT2D eigenvalue weighted by Gasteiger charge is -2.12. The van der Waals surface area contributed by atoms with Crippen molar-refractivity contribution in [2.45, 2.75) is 26.7 Å². The van der Waals surface area contributed by atoms with Crippen LogP contribution in [-0.4, -0.2) is 13.1 Å². The third kappa shape index (κ3) is 3.61. The van der Waals surface area contributed by atoms with E-state index in [1.807, 2.05) is 38.1 Å². The van der Waals surface area contributed by atoms with E-state index in [0.717, 1.165) is 22.1 Å². The lowest BCUT2D eigenvalue weighted by Crippen LogP contribution is -2.13. The highest BCUT2D eigenvalue weighted by molar-refractivity contribution is 5.84. The molecule has 3 aromatic rings. The topological polar surface area (TPSA) is 65.7 Å². The maximum atomic E-state index is 12.4. The van der Waals surface area contributed by atoms with Crippen molar-refractivity contribution >= 4 is 16.9 Å². The fraction of sp³-hybridized carbons (Fsp3) is 0.238. The number of hydrogen-bond donors (Lipinski definition) is 0. The van der Waals surface area contributed by atoms with Gasteiger partial charge in [-0.15, -0.1) is 0 Å². The van der Waals surface area contributed by atoms with Crippen LogP contribution in [0.15, 0.2) is 51.7 Å². The molecule has 0 saturated carbocycles. The van der Waals surface area contributed by atoms with Gasteiger partial charge in [-0.1, -0.05) is 25.1 Å². The quantitative estimate of drug-likeness (QED) is 0.397.